The second-order valence-corrected chi connectivity index (χ2v) is 7.17. The molecule has 1 aromatic carbocycles. The van der Waals surface area contributed by atoms with E-state index in [9.17, 15) is 9.59 Å². The van der Waals surface area contributed by atoms with Crippen molar-refractivity contribution in [1.29, 1.82) is 0 Å². The molecular formula is C16H16BrNO4. The lowest BCUT2D eigenvalue weighted by atomic mass is 9.79. The number of amides is 1. The van der Waals surface area contributed by atoms with Crippen LogP contribution in [0, 0.1) is 23.7 Å². The Morgan fingerprint density at radius 2 is 2.23 bits per heavy atom. The van der Waals surface area contributed by atoms with Gasteiger partial charge in [-0.15, -0.1) is 0 Å². The van der Waals surface area contributed by atoms with Crippen LogP contribution in [0.1, 0.15) is 12.8 Å². The van der Waals surface area contributed by atoms with Gasteiger partial charge in [0.05, 0.1) is 24.6 Å². The van der Waals surface area contributed by atoms with E-state index in [-0.39, 0.29) is 41.7 Å². The Bertz CT molecular complexity index is 660. The van der Waals surface area contributed by atoms with Gasteiger partial charge < -0.3 is 14.8 Å². The molecule has 2 aliphatic carbocycles. The molecule has 1 saturated heterocycles. The van der Waals surface area contributed by atoms with Gasteiger partial charge in [-0.3, -0.25) is 9.59 Å². The molecule has 2 bridgehead atoms. The zero-order chi connectivity index (χ0) is 15.4. The topological polar surface area (TPSA) is 64.6 Å². The lowest BCUT2D eigenvalue weighted by Gasteiger charge is -2.24. The maximum absolute atomic E-state index is 12.7. The number of benzene rings is 1. The van der Waals surface area contributed by atoms with Crippen LogP contribution in [-0.4, -0.2) is 25.1 Å². The highest BCUT2D eigenvalue weighted by Crippen LogP contribution is 2.57. The number of fused-ring (bicyclic) bond motifs is 1. The Balaban J connectivity index is 1.57. The van der Waals surface area contributed by atoms with Gasteiger partial charge in [0.2, 0.25) is 5.91 Å². The zero-order valence-corrected chi connectivity index (χ0v) is 13.6. The summed E-state index contributed by atoms with van der Waals surface area (Å²) in [7, 11) is 1.56. The van der Waals surface area contributed by atoms with Crippen molar-refractivity contribution >= 4 is 33.5 Å². The molecule has 5 nitrogen and oxygen atoms in total. The monoisotopic (exact) mass is 365 g/mol. The molecule has 3 aliphatic rings. The van der Waals surface area contributed by atoms with Crippen LogP contribution in [0.4, 0.5) is 5.69 Å². The van der Waals surface area contributed by atoms with E-state index in [1.165, 1.54) is 0 Å². The highest BCUT2D eigenvalue weighted by Gasteiger charge is 2.63. The number of halogens is 1. The summed E-state index contributed by atoms with van der Waals surface area (Å²) >= 11 is 3.38. The van der Waals surface area contributed by atoms with Crippen LogP contribution >= 0.6 is 15.9 Å². The summed E-state index contributed by atoms with van der Waals surface area (Å²) in [6, 6.07) is 5.44. The van der Waals surface area contributed by atoms with E-state index in [2.05, 4.69) is 21.2 Å². The smallest absolute Gasteiger partial charge is 0.310 e. The largest absolute Gasteiger partial charge is 0.495 e. The molecule has 6 heteroatoms. The van der Waals surface area contributed by atoms with Gasteiger partial charge in [0, 0.05) is 10.4 Å². The average molecular weight is 366 g/mol. The molecule has 1 heterocycles. The summed E-state index contributed by atoms with van der Waals surface area (Å²) < 4.78 is 11.6. The minimum atomic E-state index is -0.274. The van der Waals surface area contributed by atoms with Crippen molar-refractivity contribution < 1.29 is 19.1 Å². The first-order chi connectivity index (χ1) is 10.6. The number of rotatable bonds is 3. The van der Waals surface area contributed by atoms with Crippen molar-refractivity contribution in [3.05, 3.63) is 22.7 Å². The van der Waals surface area contributed by atoms with E-state index in [1.54, 1.807) is 19.2 Å². The predicted molar refractivity (Wildman–Crippen MR) is 82.4 cm³/mol. The van der Waals surface area contributed by atoms with Crippen molar-refractivity contribution in [1.82, 2.24) is 0 Å². The highest BCUT2D eigenvalue weighted by molar-refractivity contribution is 9.10. The molecule has 1 N–H and O–H groups in total. The van der Waals surface area contributed by atoms with E-state index in [0.29, 0.717) is 11.4 Å². The third kappa shape index (κ3) is 1.96. The van der Waals surface area contributed by atoms with Crippen LogP contribution < -0.4 is 10.1 Å². The van der Waals surface area contributed by atoms with E-state index in [0.717, 1.165) is 17.3 Å². The third-order valence-electron chi connectivity index (χ3n) is 5.21. The summed E-state index contributed by atoms with van der Waals surface area (Å²) in [4.78, 5) is 24.7. The molecule has 0 spiro atoms. The quantitative estimate of drug-likeness (QED) is 0.836. The van der Waals surface area contributed by atoms with Crippen molar-refractivity contribution in [3.8, 4) is 5.75 Å². The number of anilines is 1. The molecule has 116 valence electrons. The summed E-state index contributed by atoms with van der Waals surface area (Å²) in [5.74, 6) is 0.258. The molecule has 0 radical (unpaired) electrons. The SMILES string of the molecule is COc1cc(Br)ccc1NC(=O)[C@@H]1[C@@H]2C[C@@H]3[C@H]1C(=O)O[C@H]3C2. The van der Waals surface area contributed by atoms with Crippen LogP contribution in [0.25, 0.3) is 0 Å². The first-order valence-electron chi connectivity index (χ1n) is 7.43. The summed E-state index contributed by atoms with van der Waals surface area (Å²) in [6.45, 7) is 0. The van der Waals surface area contributed by atoms with Gasteiger partial charge in [-0.2, -0.15) is 0 Å². The maximum Gasteiger partial charge on any atom is 0.310 e. The molecule has 5 atom stereocenters. The first-order valence-corrected chi connectivity index (χ1v) is 8.22. The molecule has 3 fully saturated rings. The van der Waals surface area contributed by atoms with Crippen LogP contribution in [0.3, 0.4) is 0 Å². The van der Waals surface area contributed by atoms with E-state index in [4.69, 9.17) is 9.47 Å². The van der Waals surface area contributed by atoms with Crippen molar-refractivity contribution in [2.75, 3.05) is 12.4 Å². The fourth-order valence-corrected chi connectivity index (χ4v) is 4.69. The second-order valence-electron chi connectivity index (χ2n) is 6.26. The second kappa shape index (κ2) is 4.98. The third-order valence-corrected chi connectivity index (χ3v) is 5.70. The fourth-order valence-electron chi connectivity index (χ4n) is 4.35. The van der Waals surface area contributed by atoms with E-state index < -0.39 is 0 Å². The van der Waals surface area contributed by atoms with Crippen LogP contribution in [0.2, 0.25) is 0 Å². The number of hydrogen-bond acceptors (Lipinski definition) is 4. The number of carbonyl (C=O) groups excluding carboxylic acids is 2. The maximum atomic E-state index is 12.7. The molecule has 22 heavy (non-hydrogen) atoms. The van der Waals surface area contributed by atoms with Gasteiger partial charge in [0.15, 0.2) is 0 Å². The number of nitrogens with one attached hydrogen (secondary N) is 1. The molecule has 0 aromatic heterocycles. The van der Waals surface area contributed by atoms with Crippen LogP contribution in [0.5, 0.6) is 5.75 Å². The number of esters is 1. The Morgan fingerprint density at radius 3 is 3.00 bits per heavy atom. The highest BCUT2D eigenvalue weighted by atomic mass is 79.9. The molecule has 2 saturated carbocycles. The lowest BCUT2D eigenvalue weighted by molar-refractivity contribution is -0.145. The molecule has 1 aromatic rings. The first kappa shape index (κ1) is 14.1. The molecule has 4 rings (SSSR count). The molecular weight excluding hydrogens is 350 g/mol. The van der Waals surface area contributed by atoms with Crippen molar-refractivity contribution in [2.45, 2.75) is 18.9 Å². The van der Waals surface area contributed by atoms with Gasteiger partial charge >= 0.3 is 5.97 Å². The molecule has 1 amide bonds. The van der Waals surface area contributed by atoms with Gasteiger partial charge in [-0.05, 0) is 37.0 Å². The average Bonchev–Trinajstić information content (AvgIpc) is 3.10. The fraction of sp³-hybridized carbons (Fsp3) is 0.500. The standard InChI is InChI=1S/C16H16BrNO4/c1-21-12-6-8(17)2-3-10(12)18-15(19)13-7-4-9-11(5-7)22-16(20)14(9)13/h2-3,6-7,9,11,13-14H,4-5H2,1H3,(H,18,19)/t7-,9+,11+,13-,14-/m1/s1. The van der Waals surface area contributed by atoms with Crippen LogP contribution in [-0.2, 0) is 14.3 Å². The van der Waals surface area contributed by atoms with Crippen molar-refractivity contribution in [2.24, 2.45) is 23.7 Å². The summed E-state index contributed by atoms with van der Waals surface area (Å²) in [5.41, 5.74) is 0.626. The van der Waals surface area contributed by atoms with Gasteiger partial charge in [-0.25, -0.2) is 0 Å². The Morgan fingerprint density at radius 1 is 1.41 bits per heavy atom. The Kier molecular flexibility index (Phi) is 3.18. The van der Waals surface area contributed by atoms with Gasteiger partial charge in [-0.1, -0.05) is 15.9 Å². The normalized spacial score (nSPS) is 34.6. The zero-order valence-electron chi connectivity index (χ0n) is 12.0. The predicted octanol–water partition coefficient (Wildman–Crippen LogP) is 2.59. The number of carbonyl (C=O) groups is 2. The summed E-state index contributed by atoms with van der Waals surface area (Å²) in [5, 5.41) is 2.93. The number of hydrogen-bond donors (Lipinski definition) is 1. The molecule has 1 aliphatic heterocycles. The number of ether oxygens (including phenoxy) is 2. The molecule has 0 unspecified atom stereocenters. The Labute approximate surface area is 136 Å². The Hall–Kier alpha value is -1.56. The number of methoxy groups -OCH3 is 1. The minimum absolute atomic E-state index is 0.0498. The lowest BCUT2D eigenvalue weighted by Crippen LogP contribution is -2.35. The van der Waals surface area contributed by atoms with Gasteiger partial charge in [0.1, 0.15) is 11.9 Å². The van der Waals surface area contributed by atoms with Gasteiger partial charge in [0.25, 0.3) is 0 Å². The minimum Gasteiger partial charge on any atom is -0.495 e. The summed E-state index contributed by atoms with van der Waals surface area (Å²) in [6.07, 6.45) is 1.80. The van der Waals surface area contributed by atoms with Crippen LogP contribution in [0.15, 0.2) is 22.7 Å². The van der Waals surface area contributed by atoms with Crippen molar-refractivity contribution in [3.63, 3.8) is 0 Å². The van der Waals surface area contributed by atoms with E-state index in [1.807, 2.05) is 6.07 Å². The van der Waals surface area contributed by atoms with E-state index >= 15 is 0 Å².